The number of hydrogen-bond donors (Lipinski definition) is 2. The summed E-state index contributed by atoms with van der Waals surface area (Å²) in [6.45, 7) is 0.445. The van der Waals surface area contributed by atoms with Gasteiger partial charge in [0.2, 0.25) is 0 Å². The van der Waals surface area contributed by atoms with Gasteiger partial charge in [-0.2, -0.15) is 0 Å². The largest absolute Gasteiger partial charge is 0.331 e. The van der Waals surface area contributed by atoms with Crippen LogP contribution in [0.2, 0.25) is 0 Å². The van der Waals surface area contributed by atoms with Crippen LogP contribution in [0.25, 0.3) is 0 Å². The fourth-order valence-corrected chi connectivity index (χ4v) is 0.627. The molecule has 0 saturated heterocycles. The Kier molecular flexibility index (Phi) is 5.16. The SMILES string of the molecule is NP(N)OCCCl. The van der Waals surface area contributed by atoms with E-state index in [2.05, 4.69) is 4.52 Å². The highest BCUT2D eigenvalue weighted by molar-refractivity contribution is 7.47. The zero-order valence-corrected chi connectivity index (χ0v) is 5.45. The van der Waals surface area contributed by atoms with Crippen LogP contribution in [0.15, 0.2) is 0 Å². The topological polar surface area (TPSA) is 61.3 Å². The molecule has 0 aromatic rings. The number of hydrogen-bond acceptors (Lipinski definition) is 3. The predicted molar refractivity (Wildman–Crippen MR) is 32.0 cm³/mol. The van der Waals surface area contributed by atoms with Gasteiger partial charge in [0.25, 0.3) is 0 Å². The van der Waals surface area contributed by atoms with Crippen molar-refractivity contribution >= 4 is 20.1 Å². The van der Waals surface area contributed by atoms with E-state index in [0.717, 1.165) is 0 Å². The molecule has 5 heteroatoms. The van der Waals surface area contributed by atoms with E-state index >= 15 is 0 Å². The summed E-state index contributed by atoms with van der Waals surface area (Å²) >= 11 is 5.22. The van der Waals surface area contributed by atoms with Crippen molar-refractivity contribution in [3.8, 4) is 0 Å². The van der Waals surface area contributed by atoms with Crippen molar-refractivity contribution in [2.24, 2.45) is 11.0 Å². The predicted octanol–water partition coefficient (Wildman–Crippen LogP) is 0.386. The van der Waals surface area contributed by atoms with Crippen LogP contribution >= 0.6 is 20.1 Å². The van der Waals surface area contributed by atoms with Gasteiger partial charge >= 0.3 is 0 Å². The van der Waals surface area contributed by atoms with Crippen molar-refractivity contribution in [3.63, 3.8) is 0 Å². The van der Waals surface area contributed by atoms with Crippen LogP contribution < -0.4 is 11.0 Å². The average Bonchev–Trinajstić information content (AvgIpc) is 1.61. The van der Waals surface area contributed by atoms with Crippen LogP contribution in [0.5, 0.6) is 0 Å². The highest BCUT2D eigenvalue weighted by Gasteiger charge is 1.89. The summed E-state index contributed by atoms with van der Waals surface area (Å²) in [5.41, 5.74) is 10.1. The van der Waals surface area contributed by atoms with E-state index in [1.165, 1.54) is 0 Å². The first kappa shape index (κ1) is 7.60. The van der Waals surface area contributed by atoms with Gasteiger partial charge in [0.15, 0.2) is 8.45 Å². The lowest BCUT2D eigenvalue weighted by atomic mass is 10.9. The fourth-order valence-electron chi connectivity index (χ4n) is 0.140. The van der Waals surface area contributed by atoms with E-state index in [4.69, 9.17) is 22.6 Å². The Balaban J connectivity index is 2.68. The molecular formula is C2H8ClN2OP. The molecule has 0 saturated carbocycles. The number of alkyl halides is 1. The van der Waals surface area contributed by atoms with E-state index in [1.54, 1.807) is 0 Å². The minimum absolute atomic E-state index is 0.445. The van der Waals surface area contributed by atoms with Gasteiger partial charge in [-0.15, -0.1) is 11.6 Å². The Bertz CT molecular complexity index is 44.7. The van der Waals surface area contributed by atoms with Crippen LogP contribution in [0.3, 0.4) is 0 Å². The van der Waals surface area contributed by atoms with Crippen LogP contribution in [0.4, 0.5) is 0 Å². The molecule has 0 rings (SSSR count). The second kappa shape index (κ2) is 4.75. The molecule has 0 aliphatic heterocycles. The van der Waals surface area contributed by atoms with Crippen LogP contribution in [-0.2, 0) is 4.52 Å². The summed E-state index contributed by atoms with van der Waals surface area (Å²) in [7, 11) is -1.19. The highest BCUT2D eigenvalue weighted by Crippen LogP contribution is 2.12. The molecule has 7 heavy (non-hydrogen) atoms. The van der Waals surface area contributed by atoms with Gasteiger partial charge in [-0.1, -0.05) is 0 Å². The van der Waals surface area contributed by atoms with E-state index in [0.29, 0.717) is 12.5 Å². The number of rotatable bonds is 3. The van der Waals surface area contributed by atoms with Crippen LogP contribution in [0.1, 0.15) is 0 Å². The quantitative estimate of drug-likeness (QED) is 0.443. The molecule has 44 valence electrons. The second-order valence-corrected chi connectivity index (χ2v) is 2.24. The third kappa shape index (κ3) is 6.60. The Morgan fingerprint density at radius 1 is 1.57 bits per heavy atom. The van der Waals surface area contributed by atoms with Crippen molar-refractivity contribution < 1.29 is 4.52 Å². The summed E-state index contributed by atoms with van der Waals surface area (Å²) in [6, 6.07) is 0. The minimum Gasteiger partial charge on any atom is -0.331 e. The zero-order chi connectivity index (χ0) is 5.70. The van der Waals surface area contributed by atoms with E-state index < -0.39 is 8.45 Å². The van der Waals surface area contributed by atoms with Gasteiger partial charge < -0.3 is 4.52 Å². The maximum Gasteiger partial charge on any atom is 0.176 e. The standard InChI is InChI=1S/C2H8ClN2OP/c3-1-2-6-7(4)5/h1-2,4-5H2. The number of halogens is 1. The Morgan fingerprint density at radius 3 is 2.29 bits per heavy atom. The van der Waals surface area contributed by atoms with Crippen molar-refractivity contribution in [3.05, 3.63) is 0 Å². The summed E-state index contributed by atoms with van der Waals surface area (Å²) in [4.78, 5) is 0. The Morgan fingerprint density at radius 2 is 2.14 bits per heavy atom. The summed E-state index contributed by atoms with van der Waals surface area (Å²) in [5.74, 6) is 0.452. The van der Waals surface area contributed by atoms with Gasteiger partial charge in [0.05, 0.1) is 6.61 Å². The Hall–Kier alpha value is 0.600. The molecule has 0 unspecified atom stereocenters. The van der Waals surface area contributed by atoms with E-state index in [9.17, 15) is 0 Å². The lowest BCUT2D eigenvalue weighted by Crippen LogP contribution is -2.03. The third-order valence-electron chi connectivity index (χ3n) is 0.318. The molecule has 4 N–H and O–H groups in total. The summed E-state index contributed by atoms with van der Waals surface area (Å²) in [5, 5.41) is 0. The fraction of sp³-hybridized carbons (Fsp3) is 1.00. The smallest absolute Gasteiger partial charge is 0.176 e. The summed E-state index contributed by atoms with van der Waals surface area (Å²) in [6.07, 6.45) is 0. The van der Waals surface area contributed by atoms with Gasteiger partial charge in [0.1, 0.15) is 0 Å². The monoisotopic (exact) mass is 142 g/mol. The molecule has 0 radical (unpaired) electrons. The van der Waals surface area contributed by atoms with E-state index in [-0.39, 0.29) is 0 Å². The van der Waals surface area contributed by atoms with Gasteiger partial charge in [-0.25, -0.2) is 0 Å². The zero-order valence-electron chi connectivity index (χ0n) is 3.80. The first-order chi connectivity index (χ1) is 3.27. The third-order valence-corrected chi connectivity index (χ3v) is 0.953. The maximum atomic E-state index is 5.22. The van der Waals surface area contributed by atoms with Crippen molar-refractivity contribution in [1.29, 1.82) is 0 Å². The van der Waals surface area contributed by atoms with Crippen molar-refractivity contribution in [1.82, 2.24) is 0 Å². The normalized spacial score (nSPS) is 10.3. The molecule has 0 aromatic carbocycles. The average molecular weight is 143 g/mol. The van der Waals surface area contributed by atoms with Gasteiger partial charge in [0, 0.05) is 5.88 Å². The lowest BCUT2D eigenvalue weighted by Gasteiger charge is -2.01. The second-order valence-electron chi connectivity index (χ2n) is 0.882. The molecule has 0 aliphatic rings. The van der Waals surface area contributed by atoms with Crippen LogP contribution in [-0.4, -0.2) is 12.5 Å². The van der Waals surface area contributed by atoms with Crippen molar-refractivity contribution in [2.45, 2.75) is 0 Å². The molecule has 3 nitrogen and oxygen atoms in total. The molecule has 0 aliphatic carbocycles. The van der Waals surface area contributed by atoms with Crippen molar-refractivity contribution in [2.75, 3.05) is 12.5 Å². The molecule has 0 heterocycles. The molecule has 0 atom stereocenters. The van der Waals surface area contributed by atoms with Gasteiger partial charge in [-0.05, 0) is 0 Å². The first-order valence-corrected chi connectivity index (χ1v) is 3.69. The molecule has 0 fully saturated rings. The van der Waals surface area contributed by atoms with Gasteiger partial charge in [-0.3, -0.25) is 11.0 Å². The minimum atomic E-state index is -1.19. The van der Waals surface area contributed by atoms with E-state index in [1.807, 2.05) is 0 Å². The molecule has 0 spiro atoms. The molecule has 0 amide bonds. The maximum absolute atomic E-state index is 5.22. The summed E-state index contributed by atoms with van der Waals surface area (Å²) < 4.78 is 4.68. The molecular weight excluding hydrogens is 134 g/mol. The molecule has 0 bridgehead atoms. The molecule has 0 aromatic heterocycles. The first-order valence-electron chi connectivity index (χ1n) is 1.75. The van der Waals surface area contributed by atoms with Crippen LogP contribution in [0, 0.1) is 0 Å². The highest BCUT2D eigenvalue weighted by atomic mass is 35.5. The number of nitrogens with two attached hydrogens (primary N) is 2. The Labute approximate surface area is 48.9 Å². The lowest BCUT2D eigenvalue weighted by molar-refractivity contribution is 0.381.